The van der Waals surface area contributed by atoms with Crippen molar-refractivity contribution in [1.82, 2.24) is 5.32 Å². The summed E-state index contributed by atoms with van der Waals surface area (Å²) in [5.74, 6) is -0.0359. The number of hydrogen-bond donors (Lipinski definition) is 10. The second-order valence-corrected chi connectivity index (χ2v) is 11.1. The van der Waals surface area contributed by atoms with Gasteiger partial charge in [0.05, 0.1) is 31.0 Å². The van der Waals surface area contributed by atoms with E-state index in [1.54, 1.807) is 24.5 Å². The first-order valence-corrected chi connectivity index (χ1v) is 14.7. The highest BCUT2D eigenvalue weighted by atomic mass is 16.7. The average Bonchev–Trinajstić information content (AvgIpc) is 3.48. The van der Waals surface area contributed by atoms with Gasteiger partial charge in [0.1, 0.15) is 54.1 Å². The number of furan rings is 1. The van der Waals surface area contributed by atoms with Crippen LogP contribution in [0, 0.1) is 0 Å². The molecule has 1 fully saturated rings. The Balaban J connectivity index is 1.29. The number of ether oxygens (including phenoxy) is 2. The van der Waals surface area contributed by atoms with Crippen molar-refractivity contribution in [3.8, 4) is 5.75 Å². The van der Waals surface area contributed by atoms with Crippen LogP contribution in [0.5, 0.6) is 5.75 Å². The Morgan fingerprint density at radius 1 is 0.844 bits per heavy atom. The Kier molecular flexibility index (Phi) is 12.3. The topological polar surface area (TPSA) is 243 Å². The maximum absolute atomic E-state index is 12.2. The summed E-state index contributed by atoms with van der Waals surface area (Å²) in [7, 11) is 0. The maximum atomic E-state index is 12.2. The summed E-state index contributed by atoms with van der Waals surface area (Å²) in [6.45, 7) is -1.70. The van der Waals surface area contributed by atoms with Crippen LogP contribution in [-0.4, -0.2) is 127 Å². The molecule has 1 aliphatic heterocycles. The van der Waals surface area contributed by atoms with E-state index in [0.29, 0.717) is 36.0 Å². The number of hydrogen-bond acceptors (Lipinski definition) is 13. The number of carbonyl (C=O) groups excluding carboxylic acids is 1. The van der Waals surface area contributed by atoms with Gasteiger partial charge in [-0.3, -0.25) is 4.79 Å². The molecule has 2 aromatic carbocycles. The third kappa shape index (κ3) is 8.56. The molecule has 0 aliphatic carbocycles. The molecule has 10 N–H and O–H groups in total. The summed E-state index contributed by atoms with van der Waals surface area (Å²) in [6.07, 6.45) is -10.4. The highest BCUT2D eigenvalue weighted by Gasteiger charge is 2.45. The minimum Gasteiger partial charge on any atom is -0.464 e. The van der Waals surface area contributed by atoms with Gasteiger partial charge in [-0.05, 0) is 42.5 Å². The Hall–Kier alpha value is -3.15. The zero-order valence-electron chi connectivity index (χ0n) is 24.4. The number of carbonyl (C=O) groups is 1. The smallest absolute Gasteiger partial charge is 0.229 e. The summed E-state index contributed by atoms with van der Waals surface area (Å²) in [5.41, 5.74) is 3.30. The standard InChI is InChI=1S/C31H41NO13/c33-13-20(36)27(39)26(38)19(35)12-32-24(37)11-9-17-6-4-16(5-7-17)8-10-18-15-43-21-2-1-3-22(25(18)21)44-31-30(42)29(41)28(40)23(14-34)45-31/h1-7,15,19-20,23,26-31,33-36,38-42H,8-14H2,(H,32,37)/t19-,20+,23+,26+,27+,28+,29-,30+,31+/m0/s1. The summed E-state index contributed by atoms with van der Waals surface area (Å²) in [5, 5.41) is 90.8. The first kappa shape index (κ1) is 34.7. The number of nitrogens with one attached hydrogen (secondary N) is 1. The van der Waals surface area contributed by atoms with Crippen LogP contribution in [-0.2, 0) is 28.8 Å². The highest BCUT2D eigenvalue weighted by molar-refractivity contribution is 5.87. The van der Waals surface area contributed by atoms with Crippen LogP contribution in [0.3, 0.4) is 0 Å². The van der Waals surface area contributed by atoms with E-state index in [4.69, 9.17) is 19.0 Å². The molecule has 45 heavy (non-hydrogen) atoms. The minimum atomic E-state index is -1.76. The second-order valence-electron chi connectivity index (χ2n) is 11.1. The van der Waals surface area contributed by atoms with Crippen LogP contribution in [0.15, 0.2) is 53.1 Å². The van der Waals surface area contributed by atoms with Crippen LogP contribution in [0.4, 0.5) is 0 Å². The highest BCUT2D eigenvalue weighted by Crippen LogP contribution is 2.34. The summed E-state index contributed by atoms with van der Waals surface area (Å²) in [4.78, 5) is 12.2. The van der Waals surface area contributed by atoms with Gasteiger partial charge in [-0.15, -0.1) is 0 Å². The Morgan fingerprint density at radius 2 is 1.51 bits per heavy atom. The fourth-order valence-corrected chi connectivity index (χ4v) is 5.09. The normalized spacial score (nSPS) is 24.6. The first-order chi connectivity index (χ1) is 21.5. The molecule has 14 heteroatoms. The molecule has 0 saturated carbocycles. The third-order valence-corrected chi connectivity index (χ3v) is 7.91. The molecular weight excluding hydrogens is 594 g/mol. The molecule has 0 unspecified atom stereocenters. The van der Waals surface area contributed by atoms with E-state index in [1.165, 1.54) is 0 Å². The fraction of sp³-hybridized carbons (Fsp3) is 0.516. The number of aliphatic hydroxyl groups excluding tert-OH is 9. The van der Waals surface area contributed by atoms with Gasteiger partial charge < -0.3 is 65.2 Å². The first-order valence-electron chi connectivity index (χ1n) is 14.7. The maximum Gasteiger partial charge on any atom is 0.229 e. The van der Waals surface area contributed by atoms with E-state index in [2.05, 4.69) is 5.32 Å². The lowest BCUT2D eigenvalue weighted by atomic mass is 9.99. The van der Waals surface area contributed by atoms with Crippen LogP contribution in [0.25, 0.3) is 11.0 Å². The lowest BCUT2D eigenvalue weighted by molar-refractivity contribution is -0.277. The van der Waals surface area contributed by atoms with Gasteiger partial charge in [0.15, 0.2) is 0 Å². The van der Waals surface area contributed by atoms with Crippen LogP contribution < -0.4 is 10.1 Å². The second kappa shape index (κ2) is 15.9. The number of aryl methyl sites for hydroxylation is 3. The number of aliphatic hydroxyl groups is 9. The van der Waals surface area contributed by atoms with Gasteiger partial charge in [0.25, 0.3) is 0 Å². The summed E-state index contributed by atoms with van der Waals surface area (Å²) >= 11 is 0. The lowest BCUT2D eigenvalue weighted by Crippen LogP contribution is -2.60. The van der Waals surface area contributed by atoms with E-state index < -0.39 is 68.3 Å². The summed E-state index contributed by atoms with van der Waals surface area (Å²) in [6, 6.07) is 12.8. The van der Waals surface area contributed by atoms with Crippen molar-refractivity contribution in [3.05, 3.63) is 65.4 Å². The SMILES string of the molecule is O=C(CCc1ccc(CCc2coc3cccc(O[C@@H]4O[C@H](CO)[C@@H](O)[C@H](O)[C@H]4O)c23)cc1)NC[C@H](O)[C@@H](O)[C@H](O)[C@H](O)CO. The Labute approximate surface area is 258 Å². The van der Waals surface area contributed by atoms with Crippen LogP contribution >= 0.6 is 0 Å². The third-order valence-electron chi connectivity index (χ3n) is 7.91. The fourth-order valence-electron chi connectivity index (χ4n) is 5.09. The zero-order chi connectivity index (χ0) is 32.7. The quantitative estimate of drug-likeness (QED) is 0.0860. The van der Waals surface area contributed by atoms with E-state index in [9.17, 15) is 45.6 Å². The minimum absolute atomic E-state index is 0.113. The van der Waals surface area contributed by atoms with Crippen molar-refractivity contribution in [2.24, 2.45) is 0 Å². The number of amides is 1. The van der Waals surface area contributed by atoms with Crippen molar-refractivity contribution in [2.75, 3.05) is 19.8 Å². The molecule has 1 aromatic heterocycles. The van der Waals surface area contributed by atoms with Crippen LogP contribution in [0.2, 0.25) is 0 Å². The lowest BCUT2D eigenvalue weighted by Gasteiger charge is -2.39. The molecule has 14 nitrogen and oxygen atoms in total. The molecular formula is C31H41NO13. The molecule has 1 saturated heterocycles. The molecule has 0 bridgehead atoms. The Bertz CT molecular complexity index is 1360. The molecule has 0 radical (unpaired) electrons. The number of rotatable bonds is 15. The molecule has 9 atom stereocenters. The molecule has 2 heterocycles. The molecule has 0 spiro atoms. The molecule has 4 rings (SSSR count). The van der Waals surface area contributed by atoms with Crippen LogP contribution in [0.1, 0.15) is 23.1 Å². The van der Waals surface area contributed by atoms with Gasteiger partial charge in [-0.25, -0.2) is 0 Å². The molecule has 1 amide bonds. The predicted octanol–water partition coefficient (Wildman–Crippen LogP) is -2.12. The zero-order valence-corrected chi connectivity index (χ0v) is 24.4. The predicted molar refractivity (Wildman–Crippen MR) is 157 cm³/mol. The molecule has 1 aliphatic rings. The number of benzene rings is 2. The van der Waals surface area contributed by atoms with Crippen molar-refractivity contribution in [3.63, 3.8) is 0 Å². The van der Waals surface area contributed by atoms with Gasteiger partial charge in [0.2, 0.25) is 12.2 Å². The van der Waals surface area contributed by atoms with E-state index in [-0.39, 0.29) is 18.9 Å². The average molecular weight is 636 g/mol. The Morgan fingerprint density at radius 3 is 2.18 bits per heavy atom. The molecule has 248 valence electrons. The van der Waals surface area contributed by atoms with Crippen molar-refractivity contribution >= 4 is 16.9 Å². The van der Waals surface area contributed by atoms with Gasteiger partial charge in [-0.2, -0.15) is 0 Å². The number of fused-ring (bicyclic) bond motifs is 1. The summed E-state index contributed by atoms with van der Waals surface area (Å²) < 4.78 is 17.1. The largest absolute Gasteiger partial charge is 0.464 e. The van der Waals surface area contributed by atoms with E-state index >= 15 is 0 Å². The van der Waals surface area contributed by atoms with Gasteiger partial charge >= 0.3 is 0 Å². The molecule has 3 aromatic rings. The van der Waals surface area contributed by atoms with Crippen molar-refractivity contribution in [1.29, 1.82) is 0 Å². The van der Waals surface area contributed by atoms with E-state index in [1.807, 2.05) is 24.3 Å². The monoisotopic (exact) mass is 635 g/mol. The van der Waals surface area contributed by atoms with Gasteiger partial charge in [0, 0.05) is 18.5 Å². The van der Waals surface area contributed by atoms with E-state index in [0.717, 1.165) is 16.7 Å². The van der Waals surface area contributed by atoms with Gasteiger partial charge in [-0.1, -0.05) is 30.3 Å². The van der Waals surface area contributed by atoms with Crippen molar-refractivity contribution in [2.45, 2.75) is 80.8 Å². The van der Waals surface area contributed by atoms with Crippen molar-refractivity contribution < 1.29 is 64.6 Å².